The van der Waals surface area contributed by atoms with Gasteiger partial charge in [0.2, 0.25) is 0 Å². The number of para-hydroxylation sites is 1. The van der Waals surface area contributed by atoms with Crippen molar-refractivity contribution in [2.24, 2.45) is 0 Å². The number of nitrogens with one attached hydrogen (secondary N) is 2. The number of carbonyl (C=O) groups is 1. The zero-order valence-corrected chi connectivity index (χ0v) is 12.3. The largest absolute Gasteiger partial charge is 0.418 e. The molecule has 1 aromatic carbocycles. The van der Waals surface area contributed by atoms with E-state index >= 15 is 0 Å². The maximum absolute atomic E-state index is 12.9. The molecule has 0 saturated heterocycles. The highest BCUT2D eigenvalue weighted by molar-refractivity contribution is 6.00. The molecule has 1 rings (SSSR count). The summed E-state index contributed by atoms with van der Waals surface area (Å²) in [5.74, 6) is -0.510. The first-order valence-electron chi connectivity index (χ1n) is 6.58. The van der Waals surface area contributed by atoms with E-state index in [9.17, 15) is 18.0 Å². The second-order valence-electron chi connectivity index (χ2n) is 4.89. The molecule has 0 aliphatic rings. The number of amides is 1. The van der Waals surface area contributed by atoms with Crippen LogP contribution in [-0.4, -0.2) is 45.0 Å². The van der Waals surface area contributed by atoms with Crippen LogP contribution < -0.4 is 10.6 Å². The van der Waals surface area contributed by atoms with Gasteiger partial charge in [-0.05, 0) is 39.2 Å². The molecule has 1 amide bonds. The van der Waals surface area contributed by atoms with Crippen LogP contribution in [0, 0.1) is 0 Å². The Balaban J connectivity index is 2.85. The van der Waals surface area contributed by atoms with E-state index in [2.05, 4.69) is 10.6 Å². The highest BCUT2D eigenvalue weighted by Gasteiger charge is 2.34. The number of anilines is 1. The van der Waals surface area contributed by atoms with Crippen molar-refractivity contribution in [2.45, 2.75) is 12.6 Å². The van der Waals surface area contributed by atoms with E-state index in [0.717, 1.165) is 19.0 Å². The van der Waals surface area contributed by atoms with E-state index in [4.69, 9.17) is 0 Å². The Hall–Kier alpha value is -1.76. The molecule has 21 heavy (non-hydrogen) atoms. The lowest BCUT2D eigenvalue weighted by Gasteiger charge is -2.16. The molecule has 0 aliphatic heterocycles. The predicted molar refractivity (Wildman–Crippen MR) is 76.5 cm³/mol. The molecule has 0 fully saturated rings. The third kappa shape index (κ3) is 4.93. The van der Waals surface area contributed by atoms with Crippen LogP contribution in [0.4, 0.5) is 18.9 Å². The van der Waals surface area contributed by atoms with Crippen molar-refractivity contribution in [2.75, 3.05) is 39.5 Å². The third-order valence-corrected chi connectivity index (χ3v) is 2.93. The summed E-state index contributed by atoms with van der Waals surface area (Å²) in [6, 6.07) is 3.56. The number of hydrogen-bond donors (Lipinski definition) is 2. The number of benzene rings is 1. The smallest absolute Gasteiger partial charge is 0.387 e. The molecule has 0 atom stereocenters. The zero-order valence-electron chi connectivity index (χ0n) is 12.3. The first-order chi connectivity index (χ1) is 9.77. The molecule has 0 heterocycles. The van der Waals surface area contributed by atoms with Crippen molar-refractivity contribution in [3.05, 3.63) is 29.3 Å². The van der Waals surface area contributed by atoms with E-state index in [1.165, 1.54) is 19.2 Å². The maximum Gasteiger partial charge on any atom is 0.418 e. The minimum absolute atomic E-state index is 0.00261. The van der Waals surface area contributed by atoms with Crippen molar-refractivity contribution in [1.82, 2.24) is 10.2 Å². The molecule has 0 aliphatic carbocycles. The summed E-state index contributed by atoms with van der Waals surface area (Å²) in [5.41, 5.74) is -1.04. The number of carbonyl (C=O) groups excluding carboxylic acids is 1. The molecule has 7 heteroatoms. The molecule has 2 N–H and O–H groups in total. The Bertz CT molecular complexity index is 487. The lowest BCUT2D eigenvalue weighted by atomic mass is 10.1. The van der Waals surface area contributed by atoms with Gasteiger partial charge in [0, 0.05) is 13.6 Å². The van der Waals surface area contributed by atoms with Gasteiger partial charge >= 0.3 is 6.18 Å². The Morgan fingerprint density at radius 1 is 1.29 bits per heavy atom. The highest BCUT2D eigenvalue weighted by Crippen LogP contribution is 2.36. The van der Waals surface area contributed by atoms with Gasteiger partial charge in [-0.25, -0.2) is 0 Å². The van der Waals surface area contributed by atoms with Gasteiger partial charge in [0.1, 0.15) is 0 Å². The number of halogens is 3. The van der Waals surface area contributed by atoms with Crippen LogP contribution in [0.1, 0.15) is 22.3 Å². The van der Waals surface area contributed by atoms with Crippen LogP contribution in [0.3, 0.4) is 0 Å². The van der Waals surface area contributed by atoms with Crippen LogP contribution in [0.15, 0.2) is 18.2 Å². The molecule has 0 spiro atoms. The van der Waals surface area contributed by atoms with Crippen LogP contribution in [0.2, 0.25) is 0 Å². The van der Waals surface area contributed by atoms with Gasteiger partial charge in [-0.3, -0.25) is 4.79 Å². The van der Waals surface area contributed by atoms with Gasteiger partial charge in [0.15, 0.2) is 0 Å². The second kappa shape index (κ2) is 7.31. The van der Waals surface area contributed by atoms with E-state index in [-0.39, 0.29) is 11.3 Å². The monoisotopic (exact) mass is 303 g/mol. The topological polar surface area (TPSA) is 44.4 Å². The lowest BCUT2D eigenvalue weighted by molar-refractivity contribution is -0.136. The Kier molecular flexibility index (Phi) is 6.02. The van der Waals surface area contributed by atoms with Gasteiger partial charge in [-0.15, -0.1) is 0 Å². The summed E-state index contributed by atoms with van der Waals surface area (Å²) in [6.45, 7) is 1.21. The molecule has 0 unspecified atom stereocenters. The van der Waals surface area contributed by atoms with E-state index in [1.807, 2.05) is 19.0 Å². The first-order valence-corrected chi connectivity index (χ1v) is 6.58. The summed E-state index contributed by atoms with van der Waals surface area (Å²) in [7, 11) is 5.19. The molecule has 1 aromatic rings. The fourth-order valence-electron chi connectivity index (χ4n) is 1.94. The molecule has 0 bridgehead atoms. The average Bonchev–Trinajstić information content (AvgIpc) is 2.41. The maximum atomic E-state index is 12.9. The molecule has 4 nitrogen and oxygen atoms in total. The van der Waals surface area contributed by atoms with Crippen molar-refractivity contribution >= 4 is 11.6 Å². The van der Waals surface area contributed by atoms with Gasteiger partial charge in [-0.2, -0.15) is 13.2 Å². The minimum atomic E-state index is -4.50. The zero-order chi connectivity index (χ0) is 16.0. The standard InChI is InChI=1S/C14H20F3N3O/c1-18-12-10(6-4-7-11(12)14(15,16)17)13(21)19-8-5-9-20(2)3/h4,6-7,18H,5,8-9H2,1-3H3,(H,19,21). The Morgan fingerprint density at radius 2 is 1.95 bits per heavy atom. The fraction of sp³-hybridized carbons (Fsp3) is 0.500. The quantitative estimate of drug-likeness (QED) is 0.793. The third-order valence-electron chi connectivity index (χ3n) is 2.93. The Labute approximate surface area is 122 Å². The van der Waals surface area contributed by atoms with Gasteiger partial charge < -0.3 is 15.5 Å². The van der Waals surface area contributed by atoms with Crippen molar-refractivity contribution in [1.29, 1.82) is 0 Å². The molecule has 118 valence electrons. The molecular weight excluding hydrogens is 283 g/mol. The fourth-order valence-corrected chi connectivity index (χ4v) is 1.94. The molecule has 0 saturated carbocycles. The number of rotatable bonds is 6. The first kappa shape index (κ1) is 17.3. The molecule has 0 aromatic heterocycles. The number of hydrogen-bond acceptors (Lipinski definition) is 3. The van der Waals surface area contributed by atoms with Crippen molar-refractivity contribution in [3.8, 4) is 0 Å². The van der Waals surface area contributed by atoms with E-state index < -0.39 is 17.6 Å². The van der Waals surface area contributed by atoms with Crippen molar-refractivity contribution in [3.63, 3.8) is 0 Å². The van der Waals surface area contributed by atoms with Crippen LogP contribution in [-0.2, 0) is 6.18 Å². The molecular formula is C14H20F3N3O. The Morgan fingerprint density at radius 3 is 2.48 bits per heavy atom. The van der Waals surface area contributed by atoms with Crippen molar-refractivity contribution < 1.29 is 18.0 Å². The highest BCUT2D eigenvalue weighted by atomic mass is 19.4. The summed E-state index contributed by atoms with van der Waals surface area (Å²) < 4.78 is 38.7. The summed E-state index contributed by atoms with van der Waals surface area (Å²) >= 11 is 0. The van der Waals surface area contributed by atoms with Gasteiger partial charge in [0.25, 0.3) is 5.91 Å². The number of alkyl halides is 3. The minimum Gasteiger partial charge on any atom is -0.387 e. The van der Waals surface area contributed by atoms with Crippen LogP contribution >= 0.6 is 0 Å². The van der Waals surface area contributed by atoms with Gasteiger partial charge in [0.05, 0.1) is 16.8 Å². The van der Waals surface area contributed by atoms with E-state index in [1.54, 1.807) is 0 Å². The van der Waals surface area contributed by atoms with Crippen LogP contribution in [0.5, 0.6) is 0 Å². The SMILES string of the molecule is CNc1c(C(=O)NCCCN(C)C)cccc1C(F)(F)F. The second-order valence-corrected chi connectivity index (χ2v) is 4.89. The normalized spacial score (nSPS) is 11.6. The summed E-state index contributed by atoms with van der Waals surface area (Å²) in [6.07, 6.45) is -3.77. The average molecular weight is 303 g/mol. The van der Waals surface area contributed by atoms with Crippen LogP contribution in [0.25, 0.3) is 0 Å². The molecule has 0 radical (unpaired) electrons. The number of nitrogens with zero attached hydrogens (tertiary/aromatic N) is 1. The van der Waals surface area contributed by atoms with Gasteiger partial charge in [-0.1, -0.05) is 6.07 Å². The lowest BCUT2D eigenvalue weighted by Crippen LogP contribution is -2.28. The summed E-state index contributed by atoms with van der Waals surface area (Å²) in [4.78, 5) is 14.0. The predicted octanol–water partition coefficient (Wildman–Crippen LogP) is 2.43. The summed E-state index contributed by atoms with van der Waals surface area (Å²) in [5, 5.41) is 5.11. The van der Waals surface area contributed by atoms with E-state index in [0.29, 0.717) is 6.54 Å².